The molecule has 0 saturated heterocycles. The predicted octanol–water partition coefficient (Wildman–Crippen LogP) is 2.02. The van der Waals surface area contributed by atoms with Gasteiger partial charge in [-0.2, -0.15) is 0 Å². The summed E-state index contributed by atoms with van der Waals surface area (Å²) in [6, 6.07) is 0.394. The molecule has 0 bridgehead atoms. The van der Waals surface area contributed by atoms with Gasteiger partial charge in [0.05, 0.1) is 6.10 Å². The normalized spacial score (nSPS) is 30.0. The van der Waals surface area contributed by atoms with Crippen LogP contribution in [0.3, 0.4) is 0 Å². The van der Waals surface area contributed by atoms with Crippen LogP contribution >= 0.6 is 0 Å². The van der Waals surface area contributed by atoms with Crippen molar-refractivity contribution in [3.63, 3.8) is 0 Å². The van der Waals surface area contributed by atoms with Crippen molar-refractivity contribution in [3.05, 3.63) is 0 Å². The fourth-order valence-corrected chi connectivity index (χ4v) is 2.49. The Labute approximate surface area is 81.9 Å². The van der Waals surface area contributed by atoms with Gasteiger partial charge in [-0.05, 0) is 46.6 Å². The molecule has 0 radical (unpaired) electrons. The monoisotopic (exact) mass is 185 g/mol. The summed E-state index contributed by atoms with van der Waals surface area (Å²) in [6.45, 7) is 9.88. The molecule has 1 fully saturated rings. The highest BCUT2D eigenvalue weighted by atomic mass is 16.3. The van der Waals surface area contributed by atoms with Crippen molar-refractivity contribution >= 4 is 0 Å². The number of nitrogens with zero attached hydrogens (tertiary/aromatic N) is 1. The Balaban J connectivity index is 2.66. The van der Waals surface area contributed by atoms with Crippen molar-refractivity contribution in [2.24, 2.45) is 0 Å². The van der Waals surface area contributed by atoms with Crippen LogP contribution in [0, 0.1) is 0 Å². The van der Waals surface area contributed by atoms with E-state index in [-0.39, 0.29) is 11.6 Å². The average molecular weight is 185 g/mol. The van der Waals surface area contributed by atoms with E-state index in [0.717, 1.165) is 19.4 Å². The molecular weight excluding hydrogens is 162 g/mol. The Morgan fingerprint density at radius 3 is 2.23 bits per heavy atom. The van der Waals surface area contributed by atoms with Gasteiger partial charge in [-0.1, -0.05) is 6.92 Å². The summed E-state index contributed by atoms with van der Waals surface area (Å²) >= 11 is 0. The van der Waals surface area contributed by atoms with E-state index in [0.29, 0.717) is 6.04 Å². The highest BCUT2D eigenvalue weighted by Gasteiger charge is 2.35. The van der Waals surface area contributed by atoms with Crippen LogP contribution in [0.15, 0.2) is 0 Å². The van der Waals surface area contributed by atoms with Crippen molar-refractivity contribution in [3.8, 4) is 0 Å². The van der Waals surface area contributed by atoms with Crippen LogP contribution < -0.4 is 0 Å². The molecule has 1 aliphatic carbocycles. The lowest BCUT2D eigenvalue weighted by atomic mass is 10.0. The van der Waals surface area contributed by atoms with Gasteiger partial charge in [0.25, 0.3) is 0 Å². The SMILES string of the molecule is CCN([C@@H]1CCC[C@H]1O)C(C)(C)C. The van der Waals surface area contributed by atoms with Gasteiger partial charge >= 0.3 is 0 Å². The van der Waals surface area contributed by atoms with Gasteiger partial charge in [0, 0.05) is 11.6 Å². The molecule has 0 amide bonds. The molecule has 2 atom stereocenters. The van der Waals surface area contributed by atoms with Crippen molar-refractivity contribution in [1.29, 1.82) is 0 Å². The fraction of sp³-hybridized carbons (Fsp3) is 1.00. The summed E-state index contributed by atoms with van der Waals surface area (Å²) in [7, 11) is 0. The summed E-state index contributed by atoms with van der Waals surface area (Å²) in [4.78, 5) is 2.42. The highest BCUT2D eigenvalue weighted by Crippen LogP contribution is 2.28. The van der Waals surface area contributed by atoms with Crippen molar-refractivity contribution in [1.82, 2.24) is 4.90 Å². The zero-order valence-electron chi connectivity index (χ0n) is 9.38. The Morgan fingerprint density at radius 1 is 1.31 bits per heavy atom. The topological polar surface area (TPSA) is 23.5 Å². The van der Waals surface area contributed by atoms with Crippen molar-refractivity contribution in [2.45, 2.75) is 64.6 Å². The smallest absolute Gasteiger partial charge is 0.0695 e. The van der Waals surface area contributed by atoms with E-state index in [2.05, 4.69) is 32.6 Å². The molecule has 1 aliphatic rings. The highest BCUT2D eigenvalue weighted by molar-refractivity contribution is 4.90. The van der Waals surface area contributed by atoms with E-state index in [4.69, 9.17) is 0 Å². The first-order valence-electron chi connectivity index (χ1n) is 5.41. The van der Waals surface area contributed by atoms with Gasteiger partial charge in [0.15, 0.2) is 0 Å². The standard InChI is InChI=1S/C11H23NO/c1-5-12(11(2,3)4)9-7-6-8-10(9)13/h9-10,13H,5-8H2,1-4H3/t9-,10-/m1/s1. The molecule has 13 heavy (non-hydrogen) atoms. The van der Waals surface area contributed by atoms with E-state index in [1.807, 2.05) is 0 Å². The Hall–Kier alpha value is -0.0800. The lowest BCUT2D eigenvalue weighted by molar-refractivity contribution is 0.0194. The number of rotatable bonds is 2. The van der Waals surface area contributed by atoms with E-state index in [1.165, 1.54) is 6.42 Å². The molecule has 1 N–H and O–H groups in total. The maximum Gasteiger partial charge on any atom is 0.0695 e. The number of likely N-dealkylation sites (N-methyl/N-ethyl adjacent to an activating group) is 1. The van der Waals surface area contributed by atoms with Gasteiger partial charge in [-0.15, -0.1) is 0 Å². The molecule has 2 nitrogen and oxygen atoms in total. The number of aliphatic hydroxyl groups excluding tert-OH is 1. The Morgan fingerprint density at radius 2 is 1.92 bits per heavy atom. The van der Waals surface area contributed by atoms with Crippen molar-refractivity contribution in [2.75, 3.05) is 6.54 Å². The van der Waals surface area contributed by atoms with Gasteiger partial charge in [-0.25, -0.2) is 0 Å². The van der Waals surface area contributed by atoms with Gasteiger partial charge < -0.3 is 5.11 Å². The maximum atomic E-state index is 9.81. The molecule has 1 rings (SSSR count). The molecule has 78 valence electrons. The minimum absolute atomic E-state index is 0.0980. The lowest BCUT2D eigenvalue weighted by Crippen LogP contribution is -2.50. The molecule has 0 aliphatic heterocycles. The van der Waals surface area contributed by atoms with E-state index in [9.17, 15) is 5.11 Å². The second-order valence-electron chi connectivity index (χ2n) is 5.02. The average Bonchev–Trinajstić information content (AvgIpc) is 2.35. The fourth-order valence-electron chi connectivity index (χ4n) is 2.49. The second kappa shape index (κ2) is 3.97. The third-order valence-corrected chi connectivity index (χ3v) is 3.05. The molecule has 0 aromatic carbocycles. The van der Waals surface area contributed by atoms with Crippen molar-refractivity contribution < 1.29 is 5.11 Å². The van der Waals surface area contributed by atoms with Crippen LogP contribution in [0.25, 0.3) is 0 Å². The summed E-state index contributed by atoms with van der Waals surface area (Å²) in [5, 5.41) is 9.81. The maximum absolute atomic E-state index is 9.81. The number of aliphatic hydroxyl groups is 1. The minimum atomic E-state index is -0.0980. The van der Waals surface area contributed by atoms with E-state index < -0.39 is 0 Å². The van der Waals surface area contributed by atoms with Gasteiger partial charge in [0.2, 0.25) is 0 Å². The summed E-state index contributed by atoms with van der Waals surface area (Å²) < 4.78 is 0. The van der Waals surface area contributed by atoms with E-state index in [1.54, 1.807) is 0 Å². The molecule has 0 unspecified atom stereocenters. The Bertz CT molecular complexity index is 162. The third-order valence-electron chi connectivity index (χ3n) is 3.05. The first kappa shape index (κ1) is 11.0. The predicted molar refractivity (Wildman–Crippen MR) is 55.8 cm³/mol. The van der Waals surface area contributed by atoms with E-state index >= 15 is 0 Å². The number of hydrogen-bond donors (Lipinski definition) is 1. The first-order chi connectivity index (χ1) is 5.96. The summed E-state index contributed by atoms with van der Waals surface area (Å²) in [5.41, 5.74) is 0.185. The molecular formula is C11H23NO. The second-order valence-corrected chi connectivity index (χ2v) is 5.02. The molecule has 0 aromatic rings. The van der Waals surface area contributed by atoms with Crippen LogP contribution in [0.2, 0.25) is 0 Å². The van der Waals surface area contributed by atoms with Crippen LogP contribution in [0.1, 0.15) is 47.0 Å². The molecule has 0 aromatic heterocycles. The quantitative estimate of drug-likeness (QED) is 0.711. The van der Waals surface area contributed by atoms with Crippen LogP contribution in [-0.4, -0.2) is 34.2 Å². The zero-order chi connectivity index (χ0) is 10.1. The largest absolute Gasteiger partial charge is 0.391 e. The van der Waals surface area contributed by atoms with Gasteiger partial charge in [0.1, 0.15) is 0 Å². The third kappa shape index (κ3) is 2.44. The molecule has 0 heterocycles. The Kier molecular flexibility index (Phi) is 3.36. The molecule has 0 spiro atoms. The van der Waals surface area contributed by atoms with Crippen LogP contribution in [0.4, 0.5) is 0 Å². The number of hydrogen-bond acceptors (Lipinski definition) is 2. The summed E-state index contributed by atoms with van der Waals surface area (Å²) in [5.74, 6) is 0. The zero-order valence-corrected chi connectivity index (χ0v) is 9.38. The summed E-state index contributed by atoms with van der Waals surface area (Å²) in [6.07, 6.45) is 3.22. The van der Waals surface area contributed by atoms with Gasteiger partial charge in [-0.3, -0.25) is 4.90 Å². The minimum Gasteiger partial charge on any atom is -0.391 e. The van der Waals surface area contributed by atoms with Crippen LogP contribution in [0.5, 0.6) is 0 Å². The molecule has 2 heteroatoms. The lowest BCUT2D eigenvalue weighted by Gasteiger charge is -2.40. The molecule has 1 saturated carbocycles. The van der Waals surface area contributed by atoms with Crippen LogP contribution in [-0.2, 0) is 0 Å². The first-order valence-corrected chi connectivity index (χ1v) is 5.41.